The van der Waals surface area contributed by atoms with E-state index in [1.54, 1.807) is 12.4 Å². The Morgan fingerprint density at radius 3 is 2.52 bits per heavy atom. The topological polar surface area (TPSA) is 82.5 Å². The number of hydrogen-bond acceptors (Lipinski definition) is 7. The van der Waals surface area contributed by atoms with Crippen LogP contribution < -0.4 is 0 Å². The highest BCUT2D eigenvalue weighted by atomic mass is 32.2. The van der Waals surface area contributed by atoms with Crippen molar-refractivity contribution in [3.8, 4) is 28.5 Å². The highest BCUT2D eigenvalue weighted by Gasteiger charge is 2.18. The minimum absolute atomic E-state index is 0.509. The van der Waals surface area contributed by atoms with Crippen molar-refractivity contribution in [2.75, 3.05) is 0 Å². The van der Waals surface area contributed by atoms with Crippen molar-refractivity contribution in [2.24, 2.45) is 0 Å². The third-order valence-corrected chi connectivity index (χ3v) is 6.31. The van der Waals surface area contributed by atoms with Gasteiger partial charge in [-0.2, -0.15) is 4.98 Å². The molecule has 3 aromatic heterocycles. The van der Waals surface area contributed by atoms with Gasteiger partial charge in [0.1, 0.15) is 0 Å². The Morgan fingerprint density at radius 2 is 1.73 bits per heavy atom. The average Bonchev–Trinajstić information content (AvgIpc) is 3.47. The molecule has 0 saturated carbocycles. The van der Waals surface area contributed by atoms with E-state index in [1.807, 2.05) is 43.3 Å². The standard InChI is InChI=1S/C25H22N6OS/c1-16-5-4-6-20(13-16)24-27-22(30-32-24)15-33-25-29-28-23(19-9-11-26-12-10-19)31(25)21-8-7-17(2)18(3)14-21/h4-14H,15H2,1-3H3. The molecule has 0 atom stereocenters. The minimum atomic E-state index is 0.509. The molecular formula is C25H22N6OS. The van der Waals surface area contributed by atoms with Gasteiger partial charge in [0.25, 0.3) is 5.89 Å². The van der Waals surface area contributed by atoms with Gasteiger partial charge in [-0.25, -0.2) is 0 Å². The van der Waals surface area contributed by atoms with Crippen LogP contribution in [0.1, 0.15) is 22.5 Å². The molecule has 5 rings (SSSR count). The van der Waals surface area contributed by atoms with Gasteiger partial charge in [-0.15, -0.1) is 10.2 Å². The molecule has 0 saturated heterocycles. The molecule has 2 aromatic carbocycles. The van der Waals surface area contributed by atoms with Crippen LogP contribution in [0.25, 0.3) is 28.5 Å². The lowest BCUT2D eigenvalue weighted by Gasteiger charge is -2.12. The fraction of sp³-hybridized carbons (Fsp3) is 0.160. The van der Waals surface area contributed by atoms with Crippen LogP contribution in [0, 0.1) is 20.8 Å². The second-order valence-electron chi connectivity index (χ2n) is 7.82. The first-order valence-electron chi connectivity index (χ1n) is 10.5. The molecule has 7 nitrogen and oxygen atoms in total. The summed E-state index contributed by atoms with van der Waals surface area (Å²) >= 11 is 1.52. The molecular weight excluding hydrogens is 432 g/mol. The summed E-state index contributed by atoms with van der Waals surface area (Å²) in [4.78, 5) is 8.69. The van der Waals surface area contributed by atoms with Crippen molar-refractivity contribution in [3.63, 3.8) is 0 Å². The number of benzene rings is 2. The van der Waals surface area contributed by atoms with Crippen molar-refractivity contribution in [1.82, 2.24) is 29.9 Å². The summed E-state index contributed by atoms with van der Waals surface area (Å²) in [6.45, 7) is 6.25. The van der Waals surface area contributed by atoms with Crippen molar-refractivity contribution in [1.29, 1.82) is 0 Å². The molecule has 0 aliphatic rings. The summed E-state index contributed by atoms with van der Waals surface area (Å²) < 4.78 is 7.55. The molecule has 8 heteroatoms. The van der Waals surface area contributed by atoms with Crippen LogP contribution in [0.15, 0.2) is 76.7 Å². The maximum absolute atomic E-state index is 5.49. The van der Waals surface area contributed by atoms with Gasteiger partial charge in [0.05, 0.1) is 11.4 Å². The molecule has 0 aliphatic heterocycles. The van der Waals surface area contributed by atoms with E-state index in [9.17, 15) is 0 Å². The van der Waals surface area contributed by atoms with E-state index in [-0.39, 0.29) is 0 Å². The zero-order chi connectivity index (χ0) is 22.8. The van der Waals surface area contributed by atoms with Gasteiger partial charge in [0, 0.05) is 23.5 Å². The van der Waals surface area contributed by atoms with Gasteiger partial charge < -0.3 is 4.52 Å². The van der Waals surface area contributed by atoms with Gasteiger partial charge in [-0.1, -0.05) is 40.7 Å². The Balaban J connectivity index is 1.46. The molecule has 0 radical (unpaired) electrons. The smallest absolute Gasteiger partial charge is 0.257 e. The number of rotatable bonds is 6. The molecule has 0 aliphatic carbocycles. The fourth-order valence-corrected chi connectivity index (χ4v) is 4.28. The second kappa shape index (κ2) is 8.99. The SMILES string of the molecule is Cc1cccc(-c2nc(CSc3nnc(-c4ccncc4)n3-c3ccc(C)c(C)c3)no2)c1. The zero-order valence-corrected chi connectivity index (χ0v) is 19.4. The van der Waals surface area contributed by atoms with E-state index in [1.165, 1.54) is 22.9 Å². The van der Waals surface area contributed by atoms with E-state index >= 15 is 0 Å². The summed E-state index contributed by atoms with van der Waals surface area (Å²) in [6, 6.07) is 18.2. The molecule has 164 valence electrons. The Morgan fingerprint density at radius 1 is 0.879 bits per heavy atom. The van der Waals surface area contributed by atoms with Crippen molar-refractivity contribution in [3.05, 3.63) is 89.5 Å². The van der Waals surface area contributed by atoms with E-state index in [4.69, 9.17) is 4.52 Å². The van der Waals surface area contributed by atoms with E-state index in [0.717, 1.165) is 33.4 Å². The Bertz CT molecular complexity index is 1410. The third kappa shape index (κ3) is 4.42. The first-order valence-corrected chi connectivity index (χ1v) is 11.5. The van der Waals surface area contributed by atoms with Crippen LogP contribution in [0.3, 0.4) is 0 Å². The maximum atomic E-state index is 5.49. The first kappa shape index (κ1) is 21.1. The molecule has 0 amide bonds. The summed E-state index contributed by atoms with van der Waals surface area (Å²) in [7, 11) is 0. The lowest BCUT2D eigenvalue weighted by Crippen LogP contribution is -2.01. The number of nitrogens with zero attached hydrogens (tertiary/aromatic N) is 6. The summed E-state index contributed by atoms with van der Waals surface area (Å²) in [5, 5.41) is 13.9. The van der Waals surface area contributed by atoms with Gasteiger partial charge in [0.15, 0.2) is 16.8 Å². The Kier molecular flexibility index (Phi) is 5.75. The van der Waals surface area contributed by atoms with Crippen LogP contribution in [0.5, 0.6) is 0 Å². The number of aromatic nitrogens is 6. The predicted octanol–water partition coefficient (Wildman–Crippen LogP) is 5.60. The molecule has 0 bridgehead atoms. The highest BCUT2D eigenvalue weighted by molar-refractivity contribution is 7.98. The van der Waals surface area contributed by atoms with E-state index in [2.05, 4.69) is 61.9 Å². The van der Waals surface area contributed by atoms with Crippen LogP contribution in [-0.2, 0) is 5.75 Å². The molecule has 5 aromatic rings. The normalized spacial score (nSPS) is 11.1. The molecule has 0 spiro atoms. The van der Waals surface area contributed by atoms with Gasteiger partial charge >= 0.3 is 0 Å². The number of thioether (sulfide) groups is 1. The van der Waals surface area contributed by atoms with E-state index < -0.39 is 0 Å². The van der Waals surface area contributed by atoms with Crippen LogP contribution in [-0.4, -0.2) is 29.9 Å². The minimum Gasteiger partial charge on any atom is -0.334 e. The van der Waals surface area contributed by atoms with Crippen LogP contribution >= 0.6 is 11.8 Å². The predicted molar refractivity (Wildman–Crippen MR) is 128 cm³/mol. The van der Waals surface area contributed by atoms with Crippen molar-refractivity contribution < 1.29 is 4.52 Å². The summed E-state index contributed by atoms with van der Waals surface area (Å²) in [5.41, 5.74) is 6.46. The van der Waals surface area contributed by atoms with Crippen LogP contribution in [0.4, 0.5) is 0 Å². The van der Waals surface area contributed by atoms with Gasteiger partial charge in [-0.05, 0) is 68.3 Å². The lowest BCUT2D eigenvalue weighted by molar-refractivity contribution is 0.425. The number of hydrogen-bond donors (Lipinski definition) is 0. The maximum Gasteiger partial charge on any atom is 0.257 e. The van der Waals surface area contributed by atoms with Gasteiger partial charge in [-0.3, -0.25) is 9.55 Å². The lowest BCUT2D eigenvalue weighted by atomic mass is 10.1. The largest absolute Gasteiger partial charge is 0.334 e. The Hall–Kier alpha value is -3.78. The highest BCUT2D eigenvalue weighted by Crippen LogP contribution is 2.30. The molecule has 0 fully saturated rings. The zero-order valence-electron chi connectivity index (χ0n) is 18.6. The number of pyridine rings is 1. The number of aryl methyl sites for hydroxylation is 3. The van der Waals surface area contributed by atoms with Crippen LogP contribution in [0.2, 0.25) is 0 Å². The monoisotopic (exact) mass is 454 g/mol. The Labute approximate surface area is 195 Å². The van der Waals surface area contributed by atoms with Gasteiger partial charge in [0.2, 0.25) is 0 Å². The second-order valence-corrected chi connectivity index (χ2v) is 8.76. The third-order valence-electron chi connectivity index (χ3n) is 5.38. The van der Waals surface area contributed by atoms with Crippen molar-refractivity contribution in [2.45, 2.75) is 31.7 Å². The summed E-state index contributed by atoms with van der Waals surface area (Å²) in [5.74, 6) is 2.39. The molecule has 0 N–H and O–H groups in total. The summed E-state index contributed by atoms with van der Waals surface area (Å²) in [6.07, 6.45) is 3.52. The quantitative estimate of drug-likeness (QED) is 0.309. The molecule has 33 heavy (non-hydrogen) atoms. The fourth-order valence-electron chi connectivity index (χ4n) is 3.49. The van der Waals surface area contributed by atoms with E-state index in [0.29, 0.717) is 17.5 Å². The molecule has 3 heterocycles. The molecule has 0 unspecified atom stereocenters. The average molecular weight is 455 g/mol. The first-order chi connectivity index (χ1) is 16.1. The van der Waals surface area contributed by atoms with Crippen molar-refractivity contribution >= 4 is 11.8 Å².